The van der Waals surface area contributed by atoms with Crippen LogP contribution >= 0.6 is 23.7 Å². The molecule has 0 spiro atoms. The first kappa shape index (κ1) is 19.4. The summed E-state index contributed by atoms with van der Waals surface area (Å²) in [5.41, 5.74) is 1.27. The van der Waals surface area contributed by atoms with E-state index in [0.717, 1.165) is 24.3 Å². The van der Waals surface area contributed by atoms with Gasteiger partial charge in [-0.25, -0.2) is 0 Å². The third-order valence-electron chi connectivity index (χ3n) is 3.98. The van der Waals surface area contributed by atoms with E-state index in [-0.39, 0.29) is 30.3 Å². The molecule has 1 fully saturated rings. The standard InChI is InChI=1S/C18H21N3O2S.ClH/c22-17(11-13-5-3-9-19-13)20-15-7-1-2-8-16(15)21-18(23)12-14-6-4-10-24-14;/h1-2,4,6-8,10,13,19H,3,5,9,11-12H2,(H,20,22)(H,21,23);1H. The lowest BCUT2D eigenvalue weighted by Gasteiger charge is -2.14. The summed E-state index contributed by atoms with van der Waals surface area (Å²) in [5, 5.41) is 11.1. The zero-order chi connectivity index (χ0) is 16.8. The molecule has 7 heteroatoms. The fourth-order valence-electron chi connectivity index (χ4n) is 2.82. The summed E-state index contributed by atoms with van der Waals surface area (Å²) in [4.78, 5) is 25.4. The van der Waals surface area contributed by atoms with Gasteiger partial charge in [0.1, 0.15) is 0 Å². The molecule has 1 aromatic heterocycles. The lowest BCUT2D eigenvalue weighted by molar-refractivity contribution is -0.117. The highest BCUT2D eigenvalue weighted by Gasteiger charge is 2.18. The van der Waals surface area contributed by atoms with Crippen LogP contribution in [0.25, 0.3) is 0 Å². The molecule has 1 unspecified atom stereocenters. The van der Waals surface area contributed by atoms with Crippen LogP contribution in [0.1, 0.15) is 24.1 Å². The molecule has 2 amide bonds. The van der Waals surface area contributed by atoms with Crippen molar-refractivity contribution >= 4 is 46.9 Å². The number of para-hydroxylation sites is 2. The Bertz CT molecular complexity index is 700. The lowest BCUT2D eigenvalue weighted by atomic mass is 10.1. The molecule has 1 saturated heterocycles. The normalized spacial score (nSPS) is 16.1. The van der Waals surface area contributed by atoms with E-state index in [9.17, 15) is 9.59 Å². The van der Waals surface area contributed by atoms with Crippen molar-refractivity contribution in [3.05, 3.63) is 46.7 Å². The van der Waals surface area contributed by atoms with E-state index in [1.165, 1.54) is 0 Å². The number of hydrogen-bond donors (Lipinski definition) is 3. The molecular weight excluding hydrogens is 358 g/mol. The van der Waals surface area contributed by atoms with Gasteiger partial charge in [0.15, 0.2) is 0 Å². The number of thiophene rings is 1. The van der Waals surface area contributed by atoms with Gasteiger partial charge in [-0.15, -0.1) is 23.7 Å². The molecule has 0 aliphatic carbocycles. The monoisotopic (exact) mass is 379 g/mol. The Morgan fingerprint density at radius 1 is 1.08 bits per heavy atom. The molecule has 1 aromatic carbocycles. The molecule has 0 bridgehead atoms. The maximum Gasteiger partial charge on any atom is 0.229 e. The van der Waals surface area contributed by atoms with Crippen molar-refractivity contribution in [2.45, 2.75) is 31.7 Å². The molecule has 134 valence electrons. The Kier molecular flexibility index (Phi) is 7.43. The molecule has 1 atom stereocenters. The van der Waals surface area contributed by atoms with Gasteiger partial charge in [0.25, 0.3) is 0 Å². The van der Waals surface area contributed by atoms with Crippen LogP contribution in [0.15, 0.2) is 41.8 Å². The molecule has 0 saturated carbocycles. The van der Waals surface area contributed by atoms with E-state index >= 15 is 0 Å². The molecule has 25 heavy (non-hydrogen) atoms. The number of anilines is 2. The van der Waals surface area contributed by atoms with Crippen LogP contribution < -0.4 is 16.0 Å². The van der Waals surface area contributed by atoms with Gasteiger partial charge < -0.3 is 16.0 Å². The highest BCUT2D eigenvalue weighted by atomic mass is 35.5. The maximum absolute atomic E-state index is 12.2. The molecule has 1 aliphatic heterocycles. The zero-order valence-corrected chi connectivity index (χ0v) is 15.4. The van der Waals surface area contributed by atoms with Gasteiger partial charge in [-0.3, -0.25) is 9.59 Å². The van der Waals surface area contributed by atoms with E-state index in [2.05, 4.69) is 16.0 Å². The Morgan fingerprint density at radius 2 is 1.80 bits per heavy atom. The first-order chi connectivity index (χ1) is 11.7. The number of hydrogen-bond acceptors (Lipinski definition) is 4. The van der Waals surface area contributed by atoms with Crippen LogP contribution in [0.5, 0.6) is 0 Å². The van der Waals surface area contributed by atoms with Crippen molar-refractivity contribution in [2.24, 2.45) is 0 Å². The number of nitrogens with one attached hydrogen (secondary N) is 3. The average molecular weight is 380 g/mol. The van der Waals surface area contributed by atoms with Gasteiger partial charge >= 0.3 is 0 Å². The van der Waals surface area contributed by atoms with Crippen molar-refractivity contribution in [1.82, 2.24) is 5.32 Å². The fourth-order valence-corrected chi connectivity index (χ4v) is 3.53. The van der Waals surface area contributed by atoms with Gasteiger partial charge in [0, 0.05) is 17.3 Å². The summed E-state index contributed by atoms with van der Waals surface area (Å²) < 4.78 is 0. The molecular formula is C18H22ClN3O2S. The third-order valence-corrected chi connectivity index (χ3v) is 4.86. The Balaban J connectivity index is 0.00000225. The van der Waals surface area contributed by atoms with Crippen LogP contribution in [0.3, 0.4) is 0 Å². The number of amides is 2. The minimum atomic E-state index is -0.0865. The molecule has 2 aromatic rings. The van der Waals surface area contributed by atoms with Crippen molar-refractivity contribution in [3.8, 4) is 0 Å². The van der Waals surface area contributed by atoms with Gasteiger partial charge in [0.05, 0.1) is 17.8 Å². The number of carbonyl (C=O) groups excluding carboxylic acids is 2. The first-order valence-electron chi connectivity index (χ1n) is 8.15. The predicted octanol–water partition coefficient (Wildman–Crippen LogP) is 3.43. The second-order valence-electron chi connectivity index (χ2n) is 5.90. The SMILES string of the molecule is Cl.O=C(Cc1cccs1)Nc1ccccc1NC(=O)CC1CCCN1. The summed E-state index contributed by atoms with van der Waals surface area (Å²) >= 11 is 1.56. The highest BCUT2D eigenvalue weighted by molar-refractivity contribution is 7.10. The molecule has 3 N–H and O–H groups in total. The molecule has 1 aliphatic rings. The minimum Gasteiger partial charge on any atom is -0.324 e. The topological polar surface area (TPSA) is 70.2 Å². The second kappa shape index (κ2) is 9.56. The Hall–Kier alpha value is -1.89. The van der Waals surface area contributed by atoms with Gasteiger partial charge in [0.2, 0.25) is 11.8 Å². The van der Waals surface area contributed by atoms with Crippen LogP contribution in [-0.2, 0) is 16.0 Å². The second-order valence-corrected chi connectivity index (χ2v) is 6.93. The Labute approximate surface area is 157 Å². The van der Waals surface area contributed by atoms with Gasteiger partial charge in [-0.1, -0.05) is 18.2 Å². The highest BCUT2D eigenvalue weighted by Crippen LogP contribution is 2.22. The lowest BCUT2D eigenvalue weighted by Crippen LogP contribution is -2.27. The quantitative estimate of drug-likeness (QED) is 0.720. The maximum atomic E-state index is 12.2. The van der Waals surface area contributed by atoms with Crippen LogP contribution in [-0.4, -0.2) is 24.4 Å². The number of halogens is 1. The van der Waals surface area contributed by atoms with E-state index in [1.54, 1.807) is 23.5 Å². The number of benzene rings is 1. The van der Waals surface area contributed by atoms with Gasteiger partial charge in [-0.05, 0) is 43.0 Å². The van der Waals surface area contributed by atoms with Crippen molar-refractivity contribution in [3.63, 3.8) is 0 Å². The third kappa shape index (κ3) is 5.85. The van der Waals surface area contributed by atoms with E-state index in [0.29, 0.717) is 24.2 Å². The number of rotatable bonds is 6. The summed E-state index contributed by atoms with van der Waals surface area (Å²) in [5.74, 6) is -0.119. The molecule has 3 rings (SSSR count). The summed E-state index contributed by atoms with van der Waals surface area (Å²) in [6.07, 6.45) is 2.95. The first-order valence-corrected chi connectivity index (χ1v) is 9.03. The number of carbonyl (C=O) groups is 2. The van der Waals surface area contributed by atoms with E-state index in [4.69, 9.17) is 0 Å². The smallest absolute Gasteiger partial charge is 0.229 e. The molecule has 0 radical (unpaired) electrons. The van der Waals surface area contributed by atoms with Crippen LogP contribution in [0.2, 0.25) is 0 Å². The van der Waals surface area contributed by atoms with Crippen molar-refractivity contribution < 1.29 is 9.59 Å². The van der Waals surface area contributed by atoms with Crippen LogP contribution in [0, 0.1) is 0 Å². The average Bonchev–Trinajstić information content (AvgIpc) is 3.23. The fraction of sp³-hybridized carbons (Fsp3) is 0.333. The summed E-state index contributed by atoms with van der Waals surface area (Å²) in [6.45, 7) is 0.979. The van der Waals surface area contributed by atoms with E-state index < -0.39 is 0 Å². The van der Waals surface area contributed by atoms with Crippen LogP contribution in [0.4, 0.5) is 11.4 Å². The van der Waals surface area contributed by atoms with Crippen molar-refractivity contribution in [2.75, 3.05) is 17.2 Å². The summed E-state index contributed by atoms with van der Waals surface area (Å²) in [7, 11) is 0. The minimum absolute atomic E-state index is 0. The zero-order valence-electron chi connectivity index (χ0n) is 13.8. The Morgan fingerprint density at radius 3 is 2.40 bits per heavy atom. The summed E-state index contributed by atoms with van der Waals surface area (Å²) in [6, 6.07) is 11.4. The largest absolute Gasteiger partial charge is 0.324 e. The predicted molar refractivity (Wildman–Crippen MR) is 105 cm³/mol. The molecule has 2 heterocycles. The molecule has 5 nitrogen and oxygen atoms in total. The van der Waals surface area contributed by atoms with E-state index in [1.807, 2.05) is 29.6 Å². The van der Waals surface area contributed by atoms with Crippen molar-refractivity contribution in [1.29, 1.82) is 0 Å². The van der Waals surface area contributed by atoms with Gasteiger partial charge in [-0.2, -0.15) is 0 Å².